The predicted octanol–water partition coefficient (Wildman–Crippen LogP) is 2.58. The van der Waals surface area contributed by atoms with Crippen molar-refractivity contribution in [2.75, 3.05) is 0 Å². The van der Waals surface area contributed by atoms with Crippen LogP contribution < -0.4 is 11.1 Å². The minimum absolute atomic E-state index is 0.133. The zero-order valence-electron chi connectivity index (χ0n) is 13.2. The molecule has 0 saturated heterocycles. The molecular formula is C17H17N3O3S. The molecule has 2 aromatic heterocycles. The smallest absolute Gasteiger partial charge is 0.387 e. The van der Waals surface area contributed by atoms with Crippen molar-refractivity contribution in [2.45, 2.75) is 26.4 Å². The van der Waals surface area contributed by atoms with Gasteiger partial charge in [-0.25, -0.2) is 4.79 Å². The highest BCUT2D eigenvalue weighted by Gasteiger charge is 2.12. The molecule has 0 spiro atoms. The second-order valence-electron chi connectivity index (χ2n) is 5.33. The maximum absolute atomic E-state index is 12.0. The van der Waals surface area contributed by atoms with Crippen LogP contribution >= 0.6 is 11.3 Å². The topological polar surface area (TPSA) is 77.1 Å². The average Bonchev–Trinajstić information content (AvgIpc) is 3.22. The summed E-state index contributed by atoms with van der Waals surface area (Å²) in [6.07, 6.45) is 0.169. The number of amides is 1. The molecule has 6 nitrogen and oxygen atoms in total. The number of aryl methyl sites for hydroxylation is 2. The molecule has 2 heterocycles. The molecule has 124 valence electrons. The van der Waals surface area contributed by atoms with E-state index in [1.807, 2.05) is 48.7 Å². The summed E-state index contributed by atoms with van der Waals surface area (Å²) in [6.45, 7) is 2.66. The third-order valence-electron chi connectivity index (χ3n) is 3.63. The van der Waals surface area contributed by atoms with Gasteiger partial charge in [0.1, 0.15) is 0 Å². The number of thiophene rings is 1. The molecule has 0 radical (unpaired) electrons. The lowest BCUT2D eigenvalue weighted by atomic mass is 10.1. The maximum Gasteiger partial charge on any atom is 0.437 e. The van der Waals surface area contributed by atoms with Crippen LogP contribution in [0.5, 0.6) is 0 Å². The highest BCUT2D eigenvalue weighted by Crippen LogP contribution is 2.21. The Balaban J connectivity index is 1.55. The summed E-state index contributed by atoms with van der Waals surface area (Å²) in [5, 5.41) is 8.86. The Kier molecular flexibility index (Phi) is 4.90. The first kappa shape index (κ1) is 16.2. The second-order valence-corrected chi connectivity index (χ2v) is 6.27. The molecule has 0 fully saturated rings. The van der Waals surface area contributed by atoms with E-state index in [-0.39, 0.29) is 24.8 Å². The van der Waals surface area contributed by atoms with Gasteiger partial charge < -0.3 is 9.73 Å². The van der Waals surface area contributed by atoms with E-state index < -0.39 is 5.76 Å². The van der Waals surface area contributed by atoms with Crippen molar-refractivity contribution in [3.05, 3.63) is 63.5 Å². The van der Waals surface area contributed by atoms with E-state index in [1.165, 1.54) is 16.0 Å². The fraction of sp³-hybridized carbons (Fsp3) is 0.235. The summed E-state index contributed by atoms with van der Waals surface area (Å²) < 4.78 is 6.29. The number of nitrogens with one attached hydrogen (secondary N) is 1. The third-order valence-corrected chi connectivity index (χ3v) is 4.48. The van der Waals surface area contributed by atoms with Crippen LogP contribution in [0.4, 0.5) is 0 Å². The minimum atomic E-state index is -0.551. The molecular weight excluding hydrogens is 326 g/mol. The van der Waals surface area contributed by atoms with Crippen LogP contribution in [-0.4, -0.2) is 15.7 Å². The van der Waals surface area contributed by atoms with Gasteiger partial charge in [0, 0.05) is 13.0 Å². The van der Waals surface area contributed by atoms with Crippen molar-refractivity contribution in [3.63, 3.8) is 0 Å². The van der Waals surface area contributed by atoms with E-state index >= 15 is 0 Å². The number of carbonyl (C=O) groups excluding carboxylic acids is 1. The van der Waals surface area contributed by atoms with Crippen molar-refractivity contribution in [3.8, 4) is 10.8 Å². The molecule has 0 bridgehead atoms. The first-order chi connectivity index (χ1) is 11.6. The van der Waals surface area contributed by atoms with Gasteiger partial charge in [-0.3, -0.25) is 4.79 Å². The summed E-state index contributed by atoms with van der Waals surface area (Å²) in [4.78, 5) is 24.5. The number of carbonyl (C=O) groups is 1. The van der Waals surface area contributed by atoms with E-state index in [0.717, 1.165) is 16.0 Å². The van der Waals surface area contributed by atoms with Crippen LogP contribution in [0.15, 0.2) is 51.0 Å². The summed E-state index contributed by atoms with van der Waals surface area (Å²) in [6, 6.07) is 11.6. The van der Waals surface area contributed by atoms with Crippen molar-refractivity contribution >= 4 is 17.2 Å². The number of hydrogen-bond donors (Lipinski definition) is 1. The summed E-state index contributed by atoms with van der Waals surface area (Å²) in [5.74, 6) is -0.397. The van der Waals surface area contributed by atoms with Crippen molar-refractivity contribution in [2.24, 2.45) is 0 Å². The van der Waals surface area contributed by atoms with Crippen LogP contribution in [0.3, 0.4) is 0 Å². The van der Waals surface area contributed by atoms with E-state index in [0.29, 0.717) is 6.54 Å². The third kappa shape index (κ3) is 3.80. The molecule has 0 atom stereocenters. The van der Waals surface area contributed by atoms with Gasteiger partial charge in [-0.2, -0.15) is 4.68 Å². The SMILES string of the molecule is Cc1ccccc1CNC(=O)CCn1nc(-c2cccs2)oc1=O. The van der Waals surface area contributed by atoms with Gasteiger partial charge in [-0.15, -0.1) is 16.4 Å². The summed E-state index contributed by atoms with van der Waals surface area (Å²) in [5.41, 5.74) is 2.20. The number of hydrogen-bond acceptors (Lipinski definition) is 5. The Bertz CT molecular complexity index is 881. The molecule has 1 amide bonds. The van der Waals surface area contributed by atoms with Gasteiger partial charge in [0.2, 0.25) is 5.91 Å². The molecule has 0 unspecified atom stereocenters. The van der Waals surface area contributed by atoms with Gasteiger partial charge in [-0.05, 0) is 29.5 Å². The highest BCUT2D eigenvalue weighted by molar-refractivity contribution is 7.13. The second kappa shape index (κ2) is 7.27. The zero-order valence-corrected chi connectivity index (χ0v) is 14.0. The van der Waals surface area contributed by atoms with Crippen LogP contribution in [0.1, 0.15) is 17.5 Å². The molecule has 0 aliphatic heterocycles. The zero-order chi connectivity index (χ0) is 16.9. The number of aromatic nitrogens is 2. The van der Waals surface area contributed by atoms with E-state index in [9.17, 15) is 9.59 Å². The van der Waals surface area contributed by atoms with Gasteiger partial charge in [0.15, 0.2) is 0 Å². The average molecular weight is 343 g/mol. The lowest BCUT2D eigenvalue weighted by Crippen LogP contribution is -2.26. The van der Waals surface area contributed by atoms with E-state index in [1.54, 1.807) is 0 Å². The highest BCUT2D eigenvalue weighted by atomic mass is 32.1. The lowest BCUT2D eigenvalue weighted by molar-refractivity contribution is -0.121. The Labute approximate surface area is 142 Å². The normalized spacial score (nSPS) is 10.7. The first-order valence-electron chi connectivity index (χ1n) is 7.56. The molecule has 0 saturated carbocycles. The molecule has 1 aromatic carbocycles. The molecule has 1 N–H and O–H groups in total. The Morgan fingerprint density at radius 1 is 1.29 bits per heavy atom. The largest absolute Gasteiger partial charge is 0.437 e. The van der Waals surface area contributed by atoms with Crippen molar-refractivity contribution in [1.82, 2.24) is 15.1 Å². The maximum atomic E-state index is 12.0. The van der Waals surface area contributed by atoms with Crippen LogP contribution in [-0.2, 0) is 17.9 Å². The molecule has 24 heavy (non-hydrogen) atoms. The van der Waals surface area contributed by atoms with Gasteiger partial charge in [0.05, 0.1) is 11.4 Å². The Hall–Kier alpha value is -2.67. The monoisotopic (exact) mass is 343 g/mol. The first-order valence-corrected chi connectivity index (χ1v) is 8.44. The Morgan fingerprint density at radius 3 is 2.88 bits per heavy atom. The standard InChI is InChI=1S/C17H17N3O3S/c1-12-5-2-3-6-13(12)11-18-15(21)8-9-20-17(22)23-16(19-20)14-7-4-10-24-14/h2-7,10H,8-9,11H2,1H3,(H,18,21). The number of rotatable bonds is 6. The minimum Gasteiger partial charge on any atom is -0.387 e. The summed E-state index contributed by atoms with van der Waals surface area (Å²) >= 11 is 1.44. The van der Waals surface area contributed by atoms with Gasteiger partial charge in [-0.1, -0.05) is 30.3 Å². The van der Waals surface area contributed by atoms with Crippen molar-refractivity contribution < 1.29 is 9.21 Å². The molecule has 0 aliphatic rings. The lowest BCUT2D eigenvalue weighted by Gasteiger charge is -2.07. The van der Waals surface area contributed by atoms with Crippen LogP contribution in [0.25, 0.3) is 10.8 Å². The quantitative estimate of drug-likeness (QED) is 0.746. The molecule has 0 aliphatic carbocycles. The molecule has 7 heteroatoms. The Morgan fingerprint density at radius 2 is 2.12 bits per heavy atom. The van der Waals surface area contributed by atoms with E-state index in [2.05, 4.69) is 10.4 Å². The van der Waals surface area contributed by atoms with Crippen LogP contribution in [0, 0.1) is 6.92 Å². The van der Waals surface area contributed by atoms with Crippen molar-refractivity contribution in [1.29, 1.82) is 0 Å². The van der Waals surface area contributed by atoms with Gasteiger partial charge in [0.25, 0.3) is 5.89 Å². The molecule has 3 rings (SSSR count). The predicted molar refractivity (Wildman–Crippen MR) is 91.7 cm³/mol. The fourth-order valence-electron chi connectivity index (χ4n) is 2.25. The van der Waals surface area contributed by atoms with Crippen LogP contribution in [0.2, 0.25) is 0 Å². The number of nitrogens with zero attached hydrogens (tertiary/aromatic N) is 2. The fourth-order valence-corrected chi connectivity index (χ4v) is 2.89. The summed E-state index contributed by atoms with van der Waals surface area (Å²) in [7, 11) is 0. The van der Waals surface area contributed by atoms with Gasteiger partial charge >= 0.3 is 5.76 Å². The van der Waals surface area contributed by atoms with E-state index in [4.69, 9.17) is 4.42 Å². The molecule has 3 aromatic rings. The number of benzene rings is 1.